The monoisotopic (exact) mass is 140 g/mol. The van der Waals surface area contributed by atoms with Gasteiger partial charge in [0.15, 0.2) is 0 Å². The zero-order chi connectivity index (χ0) is 7.66. The number of nitriles is 2. The van der Waals surface area contributed by atoms with Crippen LogP contribution in [-0.4, -0.2) is 13.2 Å². The van der Waals surface area contributed by atoms with Gasteiger partial charge in [-0.1, -0.05) is 0 Å². The Bertz CT molecular complexity index is 127. The Morgan fingerprint density at radius 1 is 0.900 bits per heavy atom. The summed E-state index contributed by atoms with van der Waals surface area (Å²) in [5.41, 5.74) is 0. The Kier molecular flexibility index (Phi) is 7.03. The molecule has 10 heavy (non-hydrogen) atoms. The molecule has 0 fully saturated rings. The van der Waals surface area contributed by atoms with Crippen molar-refractivity contribution in [1.82, 2.24) is 0 Å². The maximum absolute atomic E-state index is 8.03. The highest BCUT2D eigenvalue weighted by Crippen LogP contribution is 1.84. The number of rotatable bonds is 5. The first-order valence-corrected chi connectivity index (χ1v) is 2.90. The van der Waals surface area contributed by atoms with Crippen molar-refractivity contribution in [3.05, 3.63) is 0 Å². The van der Waals surface area contributed by atoms with Gasteiger partial charge in [0.25, 0.3) is 0 Å². The highest BCUT2D eigenvalue weighted by Gasteiger charge is 1.86. The molecule has 0 saturated carbocycles. The van der Waals surface area contributed by atoms with Gasteiger partial charge in [0, 0.05) is 0 Å². The third-order valence-corrected chi connectivity index (χ3v) is 0.678. The molecule has 54 valence electrons. The van der Waals surface area contributed by atoms with Crippen molar-refractivity contribution < 1.29 is 9.78 Å². The Morgan fingerprint density at radius 3 is 1.60 bits per heavy atom. The van der Waals surface area contributed by atoms with Crippen LogP contribution in [0.2, 0.25) is 0 Å². The van der Waals surface area contributed by atoms with Crippen molar-refractivity contribution >= 4 is 0 Å². The van der Waals surface area contributed by atoms with Crippen molar-refractivity contribution in [3.8, 4) is 12.1 Å². The summed E-state index contributed by atoms with van der Waals surface area (Å²) in [6.07, 6.45) is 0.624. The average molecular weight is 140 g/mol. The molecule has 0 amide bonds. The normalized spacial score (nSPS) is 8.20. The maximum Gasteiger partial charge on any atom is 0.0952 e. The van der Waals surface area contributed by atoms with Crippen molar-refractivity contribution in [2.75, 3.05) is 13.2 Å². The average Bonchev–Trinajstić information content (AvgIpc) is 1.97. The lowest BCUT2D eigenvalue weighted by atomic mass is 10.5. The van der Waals surface area contributed by atoms with E-state index in [9.17, 15) is 0 Å². The van der Waals surface area contributed by atoms with Gasteiger partial charge >= 0.3 is 0 Å². The third-order valence-electron chi connectivity index (χ3n) is 0.678. The SMILES string of the molecule is N#CCCOOCCC#N. The summed E-state index contributed by atoms with van der Waals surface area (Å²) in [6, 6.07) is 3.78. The largest absolute Gasteiger partial charge is 0.236 e. The molecular formula is C6H8N2O2. The molecule has 0 bridgehead atoms. The van der Waals surface area contributed by atoms with E-state index in [0.29, 0.717) is 12.8 Å². The molecule has 0 spiro atoms. The fraction of sp³-hybridized carbons (Fsp3) is 0.667. The predicted molar refractivity (Wildman–Crippen MR) is 32.4 cm³/mol. The standard InChI is InChI=1S/C6H8N2O2/c7-3-1-5-9-10-6-2-4-8/h1-2,5-6H2. The molecule has 0 aliphatic carbocycles. The topological polar surface area (TPSA) is 66.0 Å². The molecule has 0 aromatic rings. The van der Waals surface area contributed by atoms with Crippen LogP contribution >= 0.6 is 0 Å². The lowest BCUT2D eigenvalue weighted by molar-refractivity contribution is -0.291. The first-order chi connectivity index (χ1) is 4.91. The quantitative estimate of drug-likeness (QED) is 0.321. The lowest BCUT2D eigenvalue weighted by Crippen LogP contribution is -1.96. The van der Waals surface area contributed by atoms with E-state index < -0.39 is 0 Å². The molecule has 0 radical (unpaired) electrons. The second kappa shape index (κ2) is 7.90. The zero-order valence-corrected chi connectivity index (χ0v) is 5.54. The van der Waals surface area contributed by atoms with Crippen LogP contribution in [0.3, 0.4) is 0 Å². The van der Waals surface area contributed by atoms with E-state index in [-0.39, 0.29) is 13.2 Å². The molecule has 4 heteroatoms. The molecule has 0 saturated heterocycles. The summed E-state index contributed by atoms with van der Waals surface area (Å²) in [7, 11) is 0. The van der Waals surface area contributed by atoms with Crippen molar-refractivity contribution in [2.45, 2.75) is 12.8 Å². The van der Waals surface area contributed by atoms with E-state index in [1.54, 1.807) is 0 Å². The summed E-state index contributed by atoms with van der Waals surface area (Å²) >= 11 is 0. The molecule has 0 aromatic carbocycles. The molecule has 0 unspecified atom stereocenters. The van der Waals surface area contributed by atoms with E-state index in [2.05, 4.69) is 9.78 Å². The third kappa shape index (κ3) is 6.90. The van der Waals surface area contributed by atoms with E-state index >= 15 is 0 Å². The van der Waals surface area contributed by atoms with Crippen LogP contribution in [0.25, 0.3) is 0 Å². The van der Waals surface area contributed by atoms with Crippen molar-refractivity contribution in [3.63, 3.8) is 0 Å². The van der Waals surface area contributed by atoms with Crippen LogP contribution in [0.5, 0.6) is 0 Å². The summed E-state index contributed by atoms with van der Waals surface area (Å²) in [5.74, 6) is 0. The molecule has 0 rings (SSSR count). The van der Waals surface area contributed by atoms with Gasteiger partial charge in [-0.25, -0.2) is 9.78 Å². The summed E-state index contributed by atoms with van der Waals surface area (Å²) in [4.78, 5) is 9.00. The molecule has 0 N–H and O–H groups in total. The zero-order valence-electron chi connectivity index (χ0n) is 5.54. The van der Waals surface area contributed by atoms with Gasteiger partial charge in [0.05, 0.1) is 38.2 Å². The molecule has 0 atom stereocenters. The Morgan fingerprint density at radius 2 is 1.30 bits per heavy atom. The highest BCUT2D eigenvalue weighted by atomic mass is 17.2. The van der Waals surface area contributed by atoms with Crippen LogP contribution < -0.4 is 0 Å². The van der Waals surface area contributed by atoms with Crippen LogP contribution in [0, 0.1) is 22.7 Å². The van der Waals surface area contributed by atoms with E-state index in [0.717, 1.165) is 0 Å². The van der Waals surface area contributed by atoms with Crippen LogP contribution in [0.4, 0.5) is 0 Å². The smallest absolute Gasteiger partial charge is 0.0952 e. The minimum absolute atomic E-state index is 0.266. The summed E-state index contributed by atoms with van der Waals surface area (Å²) in [6.45, 7) is 0.532. The molecule has 4 nitrogen and oxygen atoms in total. The number of nitrogens with zero attached hydrogens (tertiary/aromatic N) is 2. The van der Waals surface area contributed by atoms with Gasteiger partial charge in [-0.05, 0) is 0 Å². The van der Waals surface area contributed by atoms with Gasteiger partial charge in [-0.15, -0.1) is 0 Å². The van der Waals surface area contributed by atoms with Gasteiger partial charge < -0.3 is 0 Å². The number of hydrogen-bond acceptors (Lipinski definition) is 4. The lowest BCUT2D eigenvalue weighted by Gasteiger charge is -1.96. The van der Waals surface area contributed by atoms with Crippen molar-refractivity contribution in [1.29, 1.82) is 10.5 Å². The highest BCUT2D eigenvalue weighted by molar-refractivity contribution is 4.67. The van der Waals surface area contributed by atoms with Crippen molar-refractivity contribution in [2.24, 2.45) is 0 Å². The van der Waals surface area contributed by atoms with E-state index in [4.69, 9.17) is 10.5 Å². The van der Waals surface area contributed by atoms with Gasteiger partial charge in [-0.2, -0.15) is 10.5 Å². The molecule has 0 heterocycles. The van der Waals surface area contributed by atoms with E-state index in [1.807, 2.05) is 12.1 Å². The summed E-state index contributed by atoms with van der Waals surface area (Å²) in [5, 5.41) is 16.1. The molecular weight excluding hydrogens is 132 g/mol. The number of hydrogen-bond donors (Lipinski definition) is 0. The van der Waals surface area contributed by atoms with Gasteiger partial charge in [-0.3, -0.25) is 0 Å². The Hall–Kier alpha value is -1.10. The van der Waals surface area contributed by atoms with Crippen LogP contribution in [0.1, 0.15) is 12.8 Å². The van der Waals surface area contributed by atoms with Crippen LogP contribution in [-0.2, 0) is 9.78 Å². The van der Waals surface area contributed by atoms with Gasteiger partial charge in [0.1, 0.15) is 0 Å². The predicted octanol–water partition coefficient (Wildman–Crippen LogP) is 0.762. The first-order valence-electron chi connectivity index (χ1n) is 2.90. The van der Waals surface area contributed by atoms with E-state index in [1.165, 1.54) is 0 Å². The molecule has 0 aromatic heterocycles. The fourth-order valence-corrected chi connectivity index (χ4v) is 0.292. The minimum Gasteiger partial charge on any atom is -0.236 e. The summed E-state index contributed by atoms with van der Waals surface area (Å²) < 4.78 is 0. The second-order valence-electron chi connectivity index (χ2n) is 1.46. The molecule has 0 aliphatic heterocycles. The molecule has 0 aliphatic rings. The Labute approximate surface area is 59.5 Å². The van der Waals surface area contributed by atoms with Crippen LogP contribution in [0.15, 0.2) is 0 Å². The Balaban J connectivity index is 2.80. The van der Waals surface area contributed by atoms with Gasteiger partial charge in [0.2, 0.25) is 0 Å². The first kappa shape index (κ1) is 8.90. The second-order valence-corrected chi connectivity index (χ2v) is 1.46. The fourth-order valence-electron chi connectivity index (χ4n) is 0.292. The maximum atomic E-state index is 8.03. The minimum atomic E-state index is 0.266.